The minimum Gasteiger partial charge on any atom is -0.481 e. The van der Waals surface area contributed by atoms with Crippen LogP contribution in [0.3, 0.4) is 0 Å². The highest BCUT2D eigenvalue weighted by Gasteiger charge is 2.21. The normalized spacial score (nSPS) is 14.4. The van der Waals surface area contributed by atoms with E-state index in [1.54, 1.807) is 25.3 Å². The molecule has 0 saturated carbocycles. The van der Waals surface area contributed by atoms with Gasteiger partial charge in [0.2, 0.25) is 11.8 Å². The van der Waals surface area contributed by atoms with E-state index in [0.717, 1.165) is 37.7 Å². The van der Waals surface area contributed by atoms with Crippen LogP contribution in [-0.4, -0.2) is 66.5 Å². The molecule has 0 amide bonds. The Morgan fingerprint density at radius 2 is 1.76 bits per heavy atom. The van der Waals surface area contributed by atoms with E-state index in [-0.39, 0.29) is 5.69 Å². The zero-order valence-corrected chi connectivity index (χ0v) is 14.5. The zero-order valence-electron chi connectivity index (χ0n) is 14.5. The molecule has 1 aliphatic rings. The van der Waals surface area contributed by atoms with Crippen LogP contribution in [0.25, 0.3) is 0 Å². The van der Waals surface area contributed by atoms with E-state index in [2.05, 4.69) is 34.7 Å². The van der Waals surface area contributed by atoms with Gasteiger partial charge in [0.05, 0.1) is 14.2 Å². The van der Waals surface area contributed by atoms with Gasteiger partial charge < -0.3 is 19.3 Å². The SMILES string of the molecule is COC(=O)c1ccc(N2CCN(c3nc(C)cc(OC)n3)CC2)nn1. The van der Waals surface area contributed by atoms with E-state index in [4.69, 9.17) is 4.74 Å². The molecule has 2 aromatic rings. The average molecular weight is 344 g/mol. The summed E-state index contributed by atoms with van der Waals surface area (Å²) >= 11 is 0. The molecule has 9 nitrogen and oxygen atoms in total. The summed E-state index contributed by atoms with van der Waals surface area (Å²) in [6.07, 6.45) is 0. The molecular weight excluding hydrogens is 324 g/mol. The standard InChI is InChI=1S/C16H20N6O3/c1-11-10-14(24-2)18-16(17-11)22-8-6-21(7-9-22)13-5-4-12(19-20-13)15(23)25-3/h4-5,10H,6-9H2,1-3H3. The third-order valence-electron chi connectivity index (χ3n) is 3.96. The molecule has 1 saturated heterocycles. The molecule has 0 spiro atoms. The van der Waals surface area contributed by atoms with Crippen LogP contribution in [-0.2, 0) is 4.74 Å². The summed E-state index contributed by atoms with van der Waals surface area (Å²) < 4.78 is 9.84. The maximum atomic E-state index is 11.4. The summed E-state index contributed by atoms with van der Waals surface area (Å²) in [6, 6.07) is 5.20. The van der Waals surface area contributed by atoms with Crippen molar-refractivity contribution < 1.29 is 14.3 Å². The maximum Gasteiger partial charge on any atom is 0.358 e. The summed E-state index contributed by atoms with van der Waals surface area (Å²) in [4.78, 5) is 24.5. The van der Waals surface area contributed by atoms with E-state index in [1.165, 1.54) is 7.11 Å². The average Bonchev–Trinajstić information content (AvgIpc) is 2.67. The Bertz CT molecular complexity index is 744. The van der Waals surface area contributed by atoms with Crippen molar-refractivity contribution in [2.75, 3.05) is 50.2 Å². The molecule has 3 heterocycles. The van der Waals surface area contributed by atoms with Gasteiger partial charge in [0.1, 0.15) is 0 Å². The van der Waals surface area contributed by atoms with Crippen molar-refractivity contribution in [3.63, 3.8) is 0 Å². The first-order chi connectivity index (χ1) is 12.1. The summed E-state index contributed by atoms with van der Waals surface area (Å²) in [5.41, 5.74) is 1.07. The molecular formula is C16H20N6O3. The van der Waals surface area contributed by atoms with Gasteiger partial charge in [0.15, 0.2) is 11.5 Å². The second kappa shape index (κ2) is 7.29. The lowest BCUT2D eigenvalue weighted by molar-refractivity contribution is 0.0592. The quantitative estimate of drug-likeness (QED) is 0.743. The minimum atomic E-state index is -0.491. The molecule has 0 N–H and O–H groups in total. The van der Waals surface area contributed by atoms with Gasteiger partial charge in [-0.15, -0.1) is 10.2 Å². The molecule has 0 bridgehead atoms. The molecule has 3 rings (SSSR count). The maximum absolute atomic E-state index is 11.4. The zero-order chi connectivity index (χ0) is 17.8. The predicted octanol–water partition coefficient (Wildman–Crippen LogP) is 0.697. The van der Waals surface area contributed by atoms with Crippen LogP contribution in [0.2, 0.25) is 0 Å². The first-order valence-electron chi connectivity index (χ1n) is 7.92. The minimum absolute atomic E-state index is 0.199. The highest BCUT2D eigenvalue weighted by Crippen LogP contribution is 2.19. The summed E-state index contributed by atoms with van der Waals surface area (Å²) in [7, 11) is 2.92. The smallest absolute Gasteiger partial charge is 0.358 e. The van der Waals surface area contributed by atoms with Gasteiger partial charge in [0.25, 0.3) is 0 Å². The van der Waals surface area contributed by atoms with Crippen molar-refractivity contribution in [3.8, 4) is 5.88 Å². The van der Waals surface area contributed by atoms with Crippen LogP contribution in [0, 0.1) is 6.92 Å². The third kappa shape index (κ3) is 3.76. The molecule has 25 heavy (non-hydrogen) atoms. The highest BCUT2D eigenvalue weighted by molar-refractivity contribution is 5.86. The number of carbonyl (C=O) groups excluding carboxylic acids is 1. The number of nitrogens with zero attached hydrogens (tertiary/aromatic N) is 6. The molecule has 1 fully saturated rings. The van der Waals surface area contributed by atoms with Crippen molar-refractivity contribution >= 4 is 17.7 Å². The Hall–Kier alpha value is -2.97. The van der Waals surface area contributed by atoms with Gasteiger partial charge in [-0.05, 0) is 19.1 Å². The number of ether oxygens (including phenoxy) is 2. The van der Waals surface area contributed by atoms with Gasteiger partial charge in [-0.3, -0.25) is 0 Å². The number of rotatable bonds is 4. The van der Waals surface area contributed by atoms with Crippen molar-refractivity contribution in [2.45, 2.75) is 6.92 Å². The molecule has 2 aromatic heterocycles. The third-order valence-corrected chi connectivity index (χ3v) is 3.96. The number of anilines is 2. The Balaban J connectivity index is 1.65. The highest BCUT2D eigenvalue weighted by atomic mass is 16.5. The number of hydrogen-bond acceptors (Lipinski definition) is 9. The Kier molecular flexibility index (Phi) is 4.92. The van der Waals surface area contributed by atoms with Crippen LogP contribution >= 0.6 is 0 Å². The van der Waals surface area contributed by atoms with Gasteiger partial charge in [-0.1, -0.05) is 0 Å². The van der Waals surface area contributed by atoms with Gasteiger partial charge in [-0.2, -0.15) is 4.98 Å². The second-order valence-corrected chi connectivity index (χ2v) is 5.59. The molecule has 0 aromatic carbocycles. The fourth-order valence-corrected chi connectivity index (χ4v) is 2.61. The largest absolute Gasteiger partial charge is 0.481 e. The number of methoxy groups -OCH3 is 2. The van der Waals surface area contributed by atoms with Crippen molar-refractivity contribution in [3.05, 3.63) is 29.6 Å². The van der Waals surface area contributed by atoms with E-state index >= 15 is 0 Å². The lowest BCUT2D eigenvalue weighted by Gasteiger charge is -2.35. The first kappa shape index (κ1) is 16.9. The lowest BCUT2D eigenvalue weighted by Crippen LogP contribution is -2.47. The van der Waals surface area contributed by atoms with E-state index < -0.39 is 5.97 Å². The van der Waals surface area contributed by atoms with Gasteiger partial charge >= 0.3 is 5.97 Å². The first-order valence-corrected chi connectivity index (χ1v) is 7.92. The van der Waals surface area contributed by atoms with Crippen LogP contribution in [0.4, 0.5) is 11.8 Å². The van der Waals surface area contributed by atoms with E-state index in [9.17, 15) is 4.79 Å². The second-order valence-electron chi connectivity index (χ2n) is 5.59. The molecule has 9 heteroatoms. The Labute approximate surface area is 145 Å². The molecule has 0 radical (unpaired) electrons. The molecule has 0 aliphatic carbocycles. The number of hydrogen-bond donors (Lipinski definition) is 0. The fourth-order valence-electron chi connectivity index (χ4n) is 2.61. The van der Waals surface area contributed by atoms with Crippen molar-refractivity contribution in [1.29, 1.82) is 0 Å². The fraction of sp³-hybridized carbons (Fsp3) is 0.438. The molecule has 1 aliphatic heterocycles. The van der Waals surface area contributed by atoms with Crippen LogP contribution in [0.15, 0.2) is 18.2 Å². The monoisotopic (exact) mass is 344 g/mol. The van der Waals surface area contributed by atoms with Gasteiger partial charge in [-0.25, -0.2) is 9.78 Å². The van der Waals surface area contributed by atoms with Crippen molar-refractivity contribution in [2.24, 2.45) is 0 Å². The van der Waals surface area contributed by atoms with E-state index in [1.807, 2.05) is 6.92 Å². The predicted molar refractivity (Wildman–Crippen MR) is 91.1 cm³/mol. The van der Waals surface area contributed by atoms with E-state index in [0.29, 0.717) is 11.8 Å². The summed E-state index contributed by atoms with van der Waals surface area (Å²) in [5.74, 6) is 1.47. The molecule has 0 unspecified atom stereocenters. The molecule has 0 atom stereocenters. The number of aryl methyl sites for hydroxylation is 1. The van der Waals surface area contributed by atoms with Crippen LogP contribution in [0.1, 0.15) is 16.2 Å². The van der Waals surface area contributed by atoms with Gasteiger partial charge in [0, 0.05) is 37.9 Å². The number of piperazine rings is 1. The Morgan fingerprint density at radius 3 is 2.36 bits per heavy atom. The Morgan fingerprint density at radius 1 is 1.04 bits per heavy atom. The molecule has 132 valence electrons. The topological polar surface area (TPSA) is 93.6 Å². The van der Waals surface area contributed by atoms with Crippen LogP contribution in [0.5, 0.6) is 5.88 Å². The van der Waals surface area contributed by atoms with Crippen molar-refractivity contribution in [1.82, 2.24) is 20.2 Å². The lowest BCUT2D eigenvalue weighted by atomic mass is 10.3. The summed E-state index contributed by atoms with van der Waals surface area (Å²) in [6.45, 7) is 4.94. The summed E-state index contributed by atoms with van der Waals surface area (Å²) in [5, 5.41) is 8.03. The van der Waals surface area contributed by atoms with Crippen LogP contribution < -0.4 is 14.5 Å². The number of esters is 1. The number of carbonyl (C=O) groups is 1. The number of aromatic nitrogens is 4.